The van der Waals surface area contributed by atoms with E-state index in [2.05, 4.69) is 43.1 Å². The summed E-state index contributed by atoms with van der Waals surface area (Å²) < 4.78 is 0. The molecule has 3 heteroatoms. The molecule has 106 valence electrons. The second kappa shape index (κ2) is 6.90. The fraction of sp³-hybridized carbons (Fsp3) is 0.688. The van der Waals surface area contributed by atoms with Crippen LogP contribution in [0.25, 0.3) is 0 Å². The quantitative estimate of drug-likeness (QED) is 0.779. The van der Waals surface area contributed by atoms with Crippen molar-refractivity contribution in [1.82, 2.24) is 10.3 Å². The van der Waals surface area contributed by atoms with Crippen molar-refractivity contribution in [3.05, 3.63) is 23.4 Å². The lowest BCUT2D eigenvalue weighted by Crippen LogP contribution is -2.24. The van der Waals surface area contributed by atoms with Crippen molar-refractivity contribution in [3.63, 3.8) is 0 Å². The Hall–Kier alpha value is -1.09. The Morgan fingerprint density at radius 3 is 2.53 bits per heavy atom. The zero-order valence-corrected chi connectivity index (χ0v) is 12.6. The van der Waals surface area contributed by atoms with Gasteiger partial charge in [-0.25, -0.2) is 4.98 Å². The Balaban J connectivity index is 2.14. The van der Waals surface area contributed by atoms with Gasteiger partial charge in [0.05, 0.1) is 0 Å². The third-order valence-electron chi connectivity index (χ3n) is 3.69. The SMILES string of the molecule is CCCc1cc(CNC2CC2)cc(N(CC)CC)n1. The van der Waals surface area contributed by atoms with Gasteiger partial charge in [-0.3, -0.25) is 0 Å². The summed E-state index contributed by atoms with van der Waals surface area (Å²) in [4.78, 5) is 7.14. The van der Waals surface area contributed by atoms with Crippen molar-refractivity contribution >= 4 is 5.82 Å². The van der Waals surface area contributed by atoms with Gasteiger partial charge < -0.3 is 10.2 Å². The molecule has 0 saturated heterocycles. The van der Waals surface area contributed by atoms with E-state index in [0.717, 1.165) is 44.3 Å². The first kappa shape index (κ1) is 14.3. The maximum absolute atomic E-state index is 4.81. The Kier molecular flexibility index (Phi) is 5.20. The highest BCUT2D eigenvalue weighted by Gasteiger charge is 2.20. The summed E-state index contributed by atoms with van der Waals surface area (Å²) in [6.07, 6.45) is 4.92. The lowest BCUT2D eigenvalue weighted by Gasteiger charge is -2.21. The van der Waals surface area contributed by atoms with Gasteiger partial charge in [-0.15, -0.1) is 0 Å². The Labute approximate surface area is 117 Å². The van der Waals surface area contributed by atoms with Gasteiger partial charge in [0, 0.05) is 31.4 Å². The zero-order chi connectivity index (χ0) is 13.7. The molecule has 0 aliphatic heterocycles. The minimum atomic E-state index is 0.764. The van der Waals surface area contributed by atoms with Gasteiger partial charge in [0.15, 0.2) is 0 Å². The van der Waals surface area contributed by atoms with Crippen molar-refractivity contribution in [2.45, 2.75) is 59.0 Å². The van der Waals surface area contributed by atoms with Crippen molar-refractivity contribution in [1.29, 1.82) is 0 Å². The van der Waals surface area contributed by atoms with Gasteiger partial charge in [0.25, 0.3) is 0 Å². The maximum Gasteiger partial charge on any atom is 0.129 e. The largest absolute Gasteiger partial charge is 0.357 e. The summed E-state index contributed by atoms with van der Waals surface area (Å²) in [5.41, 5.74) is 2.62. The van der Waals surface area contributed by atoms with Crippen molar-refractivity contribution < 1.29 is 0 Å². The normalized spacial score (nSPS) is 14.7. The van der Waals surface area contributed by atoms with Crippen LogP contribution in [-0.4, -0.2) is 24.1 Å². The second-order valence-electron chi connectivity index (χ2n) is 5.40. The number of nitrogens with zero attached hydrogens (tertiary/aromatic N) is 2. The van der Waals surface area contributed by atoms with Crippen LogP contribution in [0.5, 0.6) is 0 Å². The second-order valence-corrected chi connectivity index (χ2v) is 5.40. The highest BCUT2D eigenvalue weighted by molar-refractivity contribution is 5.42. The fourth-order valence-corrected chi connectivity index (χ4v) is 2.38. The number of nitrogens with one attached hydrogen (secondary N) is 1. The van der Waals surface area contributed by atoms with Crippen LogP contribution in [0.1, 0.15) is 51.3 Å². The molecule has 1 aromatic heterocycles. The molecule has 1 aromatic rings. The topological polar surface area (TPSA) is 28.2 Å². The molecule has 1 heterocycles. The first-order valence-corrected chi connectivity index (χ1v) is 7.75. The molecular weight excluding hydrogens is 234 g/mol. The number of hydrogen-bond acceptors (Lipinski definition) is 3. The molecule has 1 aliphatic rings. The minimum absolute atomic E-state index is 0.764. The predicted octanol–water partition coefficient (Wildman–Crippen LogP) is 3.13. The van der Waals surface area contributed by atoms with Crippen LogP contribution in [0.15, 0.2) is 12.1 Å². The van der Waals surface area contributed by atoms with Gasteiger partial charge in [0.1, 0.15) is 5.82 Å². The summed E-state index contributed by atoms with van der Waals surface area (Å²) >= 11 is 0. The highest BCUT2D eigenvalue weighted by atomic mass is 15.2. The molecule has 1 fully saturated rings. The lowest BCUT2D eigenvalue weighted by atomic mass is 10.1. The third kappa shape index (κ3) is 4.20. The average Bonchev–Trinajstić information content (AvgIpc) is 3.22. The number of anilines is 1. The highest BCUT2D eigenvalue weighted by Crippen LogP contribution is 2.21. The van der Waals surface area contributed by atoms with E-state index in [1.807, 2.05) is 0 Å². The molecule has 0 spiro atoms. The molecule has 0 bridgehead atoms. The van der Waals surface area contributed by atoms with Gasteiger partial charge in [-0.05, 0) is 50.8 Å². The van der Waals surface area contributed by atoms with E-state index in [0.29, 0.717) is 0 Å². The van der Waals surface area contributed by atoms with Crippen LogP contribution < -0.4 is 10.2 Å². The first-order chi connectivity index (χ1) is 9.26. The molecule has 2 rings (SSSR count). The van der Waals surface area contributed by atoms with Crippen molar-refractivity contribution in [2.24, 2.45) is 0 Å². The van der Waals surface area contributed by atoms with E-state index in [9.17, 15) is 0 Å². The summed E-state index contributed by atoms with van der Waals surface area (Å²) in [7, 11) is 0. The smallest absolute Gasteiger partial charge is 0.129 e. The maximum atomic E-state index is 4.81. The fourth-order valence-electron chi connectivity index (χ4n) is 2.38. The van der Waals surface area contributed by atoms with Gasteiger partial charge >= 0.3 is 0 Å². The molecule has 0 atom stereocenters. The average molecular weight is 261 g/mol. The molecular formula is C16H27N3. The Morgan fingerprint density at radius 2 is 1.95 bits per heavy atom. The summed E-state index contributed by atoms with van der Waals surface area (Å²) in [5, 5.41) is 3.60. The van der Waals surface area contributed by atoms with E-state index < -0.39 is 0 Å². The van der Waals surface area contributed by atoms with Crippen molar-refractivity contribution in [3.8, 4) is 0 Å². The summed E-state index contributed by atoms with van der Waals surface area (Å²) in [6, 6.07) is 5.28. The van der Waals surface area contributed by atoms with Gasteiger partial charge in [0.2, 0.25) is 0 Å². The van der Waals surface area contributed by atoms with Crippen LogP contribution in [-0.2, 0) is 13.0 Å². The molecule has 1 N–H and O–H groups in total. The molecule has 1 saturated carbocycles. The Bertz CT molecular complexity index is 395. The van der Waals surface area contributed by atoms with E-state index in [1.54, 1.807) is 0 Å². The molecule has 0 amide bonds. The molecule has 1 aliphatic carbocycles. The van der Waals surface area contributed by atoms with Crippen LogP contribution in [0.3, 0.4) is 0 Å². The lowest BCUT2D eigenvalue weighted by molar-refractivity contribution is 0.684. The van der Waals surface area contributed by atoms with E-state index in [4.69, 9.17) is 4.98 Å². The number of pyridine rings is 1. The molecule has 3 nitrogen and oxygen atoms in total. The van der Waals surface area contributed by atoms with Crippen LogP contribution in [0.2, 0.25) is 0 Å². The number of rotatable bonds is 8. The van der Waals surface area contributed by atoms with Crippen LogP contribution in [0, 0.1) is 0 Å². The summed E-state index contributed by atoms with van der Waals surface area (Å²) in [6.45, 7) is 9.63. The van der Waals surface area contributed by atoms with E-state index in [1.165, 1.54) is 24.1 Å². The zero-order valence-electron chi connectivity index (χ0n) is 12.6. The predicted molar refractivity (Wildman–Crippen MR) is 81.7 cm³/mol. The number of hydrogen-bond donors (Lipinski definition) is 1. The standard InChI is InChI=1S/C16H27N3/c1-4-7-15-10-13(12-17-14-8-9-14)11-16(18-15)19(5-2)6-3/h10-11,14,17H,4-9,12H2,1-3H3. The first-order valence-electron chi connectivity index (χ1n) is 7.75. The van der Waals surface area contributed by atoms with Crippen LogP contribution >= 0.6 is 0 Å². The molecule has 0 aromatic carbocycles. The summed E-state index contributed by atoms with van der Waals surface area (Å²) in [5.74, 6) is 1.14. The Morgan fingerprint density at radius 1 is 1.21 bits per heavy atom. The number of aryl methyl sites for hydroxylation is 1. The molecule has 19 heavy (non-hydrogen) atoms. The van der Waals surface area contributed by atoms with Crippen molar-refractivity contribution in [2.75, 3.05) is 18.0 Å². The van der Waals surface area contributed by atoms with Gasteiger partial charge in [-0.1, -0.05) is 13.3 Å². The van der Waals surface area contributed by atoms with Gasteiger partial charge in [-0.2, -0.15) is 0 Å². The minimum Gasteiger partial charge on any atom is -0.357 e. The van der Waals surface area contributed by atoms with E-state index >= 15 is 0 Å². The molecule has 0 unspecified atom stereocenters. The number of aromatic nitrogens is 1. The molecule has 0 radical (unpaired) electrons. The van der Waals surface area contributed by atoms with E-state index in [-0.39, 0.29) is 0 Å². The monoisotopic (exact) mass is 261 g/mol. The third-order valence-corrected chi connectivity index (χ3v) is 3.69. The van der Waals surface area contributed by atoms with Crippen LogP contribution in [0.4, 0.5) is 5.82 Å².